The Hall–Kier alpha value is -2.51. The maximum Gasteiger partial charge on any atom is 0.332 e. The quantitative estimate of drug-likeness (QED) is 0.525. The minimum atomic E-state index is -0.483. The fourth-order valence-electron chi connectivity index (χ4n) is 3.01. The molecule has 134 valence electrons. The smallest absolute Gasteiger partial charge is 0.332 e. The van der Waals surface area contributed by atoms with Crippen LogP contribution in [0.3, 0.4) is 0 Å². The van der Waals surface area contributed by atoms with Gasteiger partial charge in [0.2, 0.25) is 0 Å². The minimum Gasteiger partial charge on any atom is -0.428 e. The molecule has 0 bridgehead atoms. The molecule has 0 amide bonds. The Kier molecular flexibility index (Phi) is 3.75. The summed E-state index contributed by atoms with van der Waals surface area (Å²) in [4.78, 5) is 30.1. The van der Waals surface area contributed by atoms with Crippen molar-refractivity contribution in [2.24, 2.45) is 7.05 Å². The lowest BCUT2D eigenvalue weighted by Gasteiger charge is -2.10. The Morgan fingerprint density at radius 1 is 1.19 bits per heavy atom. The second-order valence-electron chi connectivity index (χ2n) is 6.11. The molecule has 0 aliphatic rings. The molecule has 0 radical (unpaired) electrons. The summed E-state index contributed by atoms with van der Waals surface area (Å²) in [5.74, 6) is 0.944. The van der Waals surface area contributed by atoms with Crippen molar-refractivity contribution in [3.63, 3.8) is 0 Å². The summed E-state index contributed by atoms with van der Waals surface area (Å²) in [6, 6.07) is 4.94. The number of oxazole rings is 1. The number of hydrogen-bond donors (Lipinski definition) is 0. The van der Waals surface area contributed by atoms with Gasteiger partial charge in [0.1, 0.15) is 5.76 Å². The molecule has 4 rings (SSSR count). The lowest BCUT2D eigenvalue weighted by Crippen LogP contribution is -2.39. The maximum absolute atomic E-state index is 13.1. The van der Waals surface area contributed by atoms with Crippen LogP contribution in [0.25, 0.3) is 17.0 Å². The van der Waals surface area contributed by atoms with Crippen molar-refractivity contribution in [3.8, 4) is 0 Å². The summed E-state index contributed by atoms with van der Waals surface area (Å²) >= 11 is 12.1. The van der Waals surface area contributed by atoms with Crippen LogP contribution in [0.5, 0.6) is 0 Å². The van der Waals surface area contributed by atoms with Crippen molar-refractivity contribution in [1.82, 2.24) is 18.5 Å². The molecule has 0 fully saturated rings. The van der Waals surface area contributed by atoms with Gasteiger partial charge in [-0.05, 0) is 31.5 Å². The van der Waals surface area contributed by atoms with Crippen LogP contribution in [-0.4, -0.2) is 18.5 Å². The van der Waals surface area contributed by atoms with E-state index in [4.69, 9.17) is 27.6 Å². The fraction of sp³-hybridized carbons (Fsp3) is 0.235. The first kappa shape index (κ1) is 16.9. The van der Waals surface area contributed by atoms with Gasteiger partial charge in [-0.25, -0.2) is 4.79 Å². The Balaban J connectivity index is 2.05. The van der Waals surface area contributed by atoms with Crippen LogP contribution in [-0.2, 0) is 13.6 Å². The molecule has 7 nitrogen and oxygen atoms in total. The van der Waals surface area contributed by atoms with Crippen LogP contribution in [0.1, 0.15) is 17.0 Å². The van der Waals surface area contributed by atoms with E-state index in [1.807, 2.05) is 6.92 Å². The van der Waals surface area contributed by atoms with Gasteiger partial charge in [0, 0.05) is 17.1 Å². The third-order valence-corrected chi connectivity index (χ3v) is 5.13. The normalized spacial score (nSPS) is 11.7. The molecule has 0 saturated heterocycles. The molecule has 9 heteroatoms. The molecule has 3 aromatic heterocycles. The Morgan fingerprint density at radius 3 is 2.62 bits per heavy atom. The van der Waals surface area contributed by atoms with E-state index in [0.29, 0.717) is 26.9 Å². The molecule has 0 saturated carbocycles. The number of aromatic nitrogens is 4. The zero-order valence-corrected chi connectivity index (χ0v) is 15.7. The third-order valence-electron chi connectivity index (χ3n) is 4.54. The standard InChI is InChI=1S/C17H14Cl2N4O3/c1-8-9(2)26-16-20-14-13(23(8)16)15(24)22(17(25)21(14)3)7-10-4-5-11(18)6-12(10)19/h4-6H,7H2,1-3H3. The topological polar surface area (TPSA) is 74.4 Å². The van der Waals surface area contributed by atoms with E-state index in [0.717, 1.165) is 10.3 Å². The Labute approximate surface area is 157 Å². The molecule has 0 aliphatic heterocycles. The second kappa shape index (κ2) is 5.75. The van der Waals surface area contributed by atoms with Crippen LogP contribution < -0.4 is 11.2 Å². The van der Waals surface area contributed by atoms with Gasteiger partial charge < -0.3 is 4.42 Å². The van der Waals surface area contributed by atoms with E-state index in [-0.39, 0.29) is 18.0 Å². The average Bonchev–Trinajstić information content (AvgIpc) is 3.08. The summed E-state index contributed by atoms with van der Waals surface area (Å²) in [5.41, 5.74) is 1.01. The minimum absolute atomic E-state index is 0.0283. The number of fused-ring (bicyclic) bond motifs is 3. The van der Waals surface area contributed by atoms with E-state index in [1.54, 1.807) is 36.6 Å². The van der Waals surface area contributed by atoms with Crippen LogP contribution in [0.2, 0.25) is 10.0 Å². The van der Waals surface area contributed by atoms with Crippen LogP contribution >= 0.6 is 23.2 Å². The first-order chi connectivity index (χ1) is 12.3. The van der Waals surface area contributed by atoms with Crippen molar-refractivity contribution in [1.29, 1.82) is 0 Å². The van der Waals surface area contributed by atoms with Crippen molar-refractivity contribution in [2.45, 2.75) is 20.4 Å². The molecule has 0 unspecified atom stereocenters. The molecule has 26 heavy (non-hydrogen) atoms. The van der Waals surface area contributed by atoms with Gasteiger partial charge in [0.25, 0.3) is 5.56 Å². The molecule has 0 aliphatic carbocycles. The van der Waals surface area contributed by atoms with Gasteiger partial charge >= 0.3 is 11.5 Å². The van der Waals surface area contributed by atoms with E-state index < -0.39 is 11.2 Å². The molecular formula is C17H14Cl2N4O3. The predicted octanol–water partition coefficient (Wildman–Crippen LogP) is 2.91. The number of hydrogen-bond acceptors (Lipinski definition) is 4. The van der Waals surface area contributed by atoms with E-state index >= 15 is 0 Å². The Bertz CT molecular complexity index is 1310. The van der Waals surface area contributed by atoms with Crippen molar-refractivity contribution in [3.05, 3.63) is 66.1 Å². The first-order valence-electron chi connectivity index (χ1n) is 7.81. The molecule has 1 aromatic carbocycles. The van der Waals surface area contributed by atoms with Gasteiger partial charge in [-0.1, -0.05) is 29.3 Å². The predicted molar refractivity (Wildman–Crippen MR) is 99.5 cm³/mol. The summed E-state index contributed by atoms with van der Waals surface area (Å²) in [7, 11) is 1.57. The Morgan fingerprint density at radius 2 is 1.92 bits per heavy atom. The lowest BCUT2D eigenvalue weighted by atomic mass is 10.2. The van der Waals surface area contributed by atoms with Crippen LogP contribution in [0.4, 0.5) is 0 Å². The van der Waals surface area contributed by atoms with Gasteiger partial charge in [-0.15, -0.1) is 0 Å². The van der Waals surface area contributed by atoms with Crippen molar-refractivity contribution >= 4 is 40.2 Å². The fourth-order valence-corrected chi connectivity index (χ4v) is 3.48. The monoisotopic (exact) mass is 392 g/mol. The number of nitrogens with zero attached hydrogens (tertiary/aromatic N) is 4. The number of halogens is 2. The number of benzene rings is 1. The summed E-state index contributed by atoms with van der Waals surface area (Å²) in [5, 5.41) is 0.872. The molecule has 0 atom stereocenters. The van der Waals surface area contributed by atoms with Crippen LogP contribution in [0, 0.1) is 13.8 Å². The van der Waals surface area contributed by atoms with Gasteiger partial charge in [0.15, 0.2) is 11.2 Å². The molecule has 0 spiro atoms. The van der Waals surface area contributed by atoms with Crippen molar-refractivity contribution < 1.29 is 4.42 Å². The second-order valence-corrected chi connectivity index (χ2v) is 6.96. The summed E-state index contributed by atoms with van der Waals surface area (Å²) < 4.78 is 9.67. The number of rotatable bonds is 2. The van der Waals surface area contributed by atoms with E-state index in [1.165, 1.54) is 4.57 Å². The third kappa shape index (κ3) is 2.31. The van der Waals surface area contributed by atoms with Gasteiger partial charge in [-0.2, -0.15) is 4.98 Å². The van der Waals surface area contributed by atoms with Crippen LogP contribution in [0.15, 0.2) is 32.2 Å². The lowest BCUT2D eigenvalue weighted by molar-refractivity contribution is 0.561. The number of aryl methyl sites for hydroxylation is 3. The highest BCUT2D eigenvalue weighted by Gasteiger charge is 2.21. The van der Waals surface area contributed by atoms with E-state index in [9.17, 15) is 9.59 Å². The summed E-state index contributed by atoms with van der Waals surface area (Å²) in [6.07, 6.45) is 0. The number of imidazole rings is 1. The molecule has 3 heterocycles. The zero-order chi connectivity index (χ0) is 18.7. The molecule has 0 N–H and O–H groups in total. The largest absolute Gasteiger partial charge is 0.428 e. The molecular weight excluding hydrogens is 379 g/mol. The average molecular weight is 393 g/mol. The van der Waals surface area contributed by atoms with Crippen molar-refractivity contribution in [2.75, 3.05) is 0 Å². The highest BCUT2D eigenvalue weighted by Crippen LogP contribution is 2.22. The zero-order valence-electron chi connectivity index (χ0n) is 14.2. The first-order valence-corrected chi connectivity index (χ1v) is 8.57. The molecule has 4 aromatic rings. The van der Waals surface area contributed by atoms with E-state index in [2.05, 4.69) is 4.98 Å². The highest BCUT2D eigenvalue weighted by molar-refractivity contribution is 6.35. The van der Waals surface area contributed by atoms with Gasteiger partial charge in [-0.3, -0.25) is 18.3 Å². The highest BCUT2D eigenvalue weighted by atomic mass is 35.5. The SMILES string of the molecule is Cc1oc2nc3c(c(=O)n(Cc4ccc(Cl)cc4Cl)c(=O)n3C)n2c1C. The van der Waals surface area contributed by atoms with Gasteiger partial charge in [0.05, 0.1) is 12.2 Å². The maximum atomic E-state index is 13.1. The summed E-state index contributed by atoms with van der Waals surface area (Å²) in [6.45, 7) is 3.66.